The Kier molecular flexibility index (Phi) is 5.78. The van der Waals surface area contributed by atoms with Gasteiger partial charge in [-0.2, -0.15) is 0 Å². The second-order valence-electron chi connectivity index (χ2n) is 7.78. The van der Waals surface area contributed by atoms with Gasteiger partial charge in [0.15, 0.2) is 0 Å². The van der Waals surface area contributed by atoms with Gasteiger partial charge in [-0.1, -0.05) is 36.2 Å². The van der Waals surface area contributed by atoms with Crippen molar-refractivity contribution in [2.24, 2.45) is 10.4 Å². The van der Waals surface area contributed by atoms with E-state index in [1.54, 1.807) is 13.3 Å². The lowest BCUT2D eigenvalue weighted by Crippen LogP contribution is -2.39. The van der Waals surface area contributed by atoms with E-state index in [0.717, 1.165) is 34.4 Å². The van der Waals surface area contributed by atoms with Crippen LogP contribution in [0.5, 0.6) is 0 Å². The maximum absolute atomic E-state index is 6.51. The Balaban J connectivity index is 1.44. The first kappa shape index (κ1) is 19.5. The first-order valence-corrected chi connectivity index (χ1v) is 11.0. The van der Waals surface area contributed by atoms with Gasteiger partial charge in [0.2, 0.25) is 0 Å². The lowest BCUT2D eigenvalue weighted by atomic mass is 9.77. The number of piperidine rings is 1. The zero-order valence-corrected chi connectivity index (χ0v) is 17.8. The van der Waals surface area contributed by atoms with Crippen LogP contribution in [-0.4, -0.2) is 36.3 Å². The minimum Gasteiger partial charge on any atom is -0.398 e. The fourth-order valence-corrected chi connectivity index (χ4v) is 5.51. The lowest BCUT2D eigenvalue weighted by Gasteiger charge is -2.39. The van der Waals surface area contributed by atoms with E-state index in [4.69, 9.17) is 17.3 Å². The molecular weight excluding hydrogens is 390 g/mol. The average molecular weight is 416 g/mol. The molecule has 2 heterocycles. The summed E-state index contributed by atoms with van der Waals surface area (Å²) in [7, 11) is 1.70. The van der Waals surface area contributed by atoms with Crippen molar-refractivity contribution in [1.82, 2.24) is 9.97 Å². The summed E-state index contributed by atoms with van der Waals surface area (Å²) in [6.45, 7) is 2.18. The molecule has 0 bridgehead atoms. The predicted octanol–water partition coefficient (Wildman–Crippen LogP) is 5.07. The number of anilines is 2. The van der Waals surface area contributed by atoms with Crippen molar-refractivity contribution in [3.05, 3.63) is 35.1 Å². The standard InChI is InChI=1S/C21H26ClN5S/c1-24-12-15-16(23)4-5-17(20(15)22)28-19-14-25-18(13-26-19)27-10-8-21(9-11-27)6-2-3-7-21/h4-5,12-14H,2-3,6-11,23H2,1H3. The lowest BCUT2D eigenvalue weighted by molar-refractivity contribution is 0.226. The van der Waals surface area contributed by atoms with E-state index in [1.165, 1.54) is 50.3 Å². The molecule has 2 aliphatic rings. The molecule has 2 aromatic rings. The highest BCUT2D eigenvalue weighted by Crippen LogP contribution is 2.46. The van der Waals surface area contributed by atoms with Crippen LogP contribution in [0.3, 0.4) is 0 Å². The molecule has 2 fully saturated rings. The van der Waals surface area contributed by atoms with Crippen LogP contribution in [0.4, 0.5) is 11.5 Å². The van der Waals surface area contributed by atoms with Gasteiger partial charge in [0.05, 0.1) is 17.4 Å². The Morgan fingerprint density at radius 3 is 2.54 bits per heavy atom. The Hall–Kier alpha value is -1.79. The Morgan fingerprint density at radius 2 is 1.89 bits per heavy atom. The largest absolute Gasteiger partial charge is 0.398 e. The number of benzene rings is 1. The number of hydrogen-bond acceptors (Lipinski definition) is 6. The van der Waals surface area contributed by atoms with Gasteiger partial charge in [0, 0.05) is 42.5 Å². The molecule has 0 amide bonds. The van der Waals surface area contributed by atoms with Gasteiger partial charge in [0.1, 0.15) is 10.8 Å². The maximum atomic E-state index is 6.51. The quantitative estimate of drug-likeness (QED) is 0.557. The van der Waals surface area contributed by atoms with Gasteiger partial charge in [-0.3, -0.25) is 4.99 Å². The summed E-state index contributed by atoms with van der Waals surface area (Å²) in [5, 5.41) is 1.42. The Bertz CT molecular complexity index is 852. The fraction of sp³-hybridized carbons (Fsp3) is 0.476. The molecule has 1 spiro atoms. The van der Waals surface area contributed by atoms with E-state index in [1.807, 2.05) is 24.5 Å². The van der Waals surface area contributed by atoms with Gasteiger partial charge >= 0.3 is 0 Å². The van der Waals surface area contributed by atoms with E-state index in [-0.39, 0.29) is 0 Å². The number of aromatic nitrogens is 2. The molecule has 7 heteroatoms. The molecule has 1 saturated carbocycles. The van der Waals surface area contributed by atoms with Crippen LogP contribution in [0, 0.1) is 5.41 Å². The summed E-state index contributed by atoms with van der Waals surface area (Å²) >= 11 is 8.00. The van der Waals surface area contributed by atoms with E-state index < -0.39 is 0 Å². The number of halogens is 1. The molecule has 1 aromatic heterocycles. The number of rotatable bonds is 4. The second-order valence-corrected chi connectivity index (χ2v) is 9.22. The molecule has 0 radical (unpaired) electrons. The zero-order chi connectivity index (χ0) is 19.6. The summed E-state index contributed by atoms with van der Waals surface area (Å²) in [6.07, 6.45) is 13.6. The van der Waals surface area contributed by atoms with Crippen molar-refractivity contribution in [3.8, 4) is 0 Å². The molecule has 148 valence electrons. The van der Waals surface area contributed by atoms with Gasteiger partial charge in [0.25, 0.3) is 0 Å². The highest BCUT2D eigenvalue weighted by Gasteiger charge is 2.37. The molecule has 2 N–H and O–H groups in total. The number of nitrogens with two attached hydrogens (primary N) is 1. The Labute approximate surface area is 175 Å². The summed E-state index contributed by atoms with van der Waals surface area (Å²) in [6, 6.07) is 3.76. The van der Waals surface area contributed by atoms with Crippen molar-refractivity contribution in [2.75, 3.05) is 30.8 Å². The average Bonchev–Trinajstić information content (AvgIpc) is 3.17. The Morgan fingerprint density at radius 1 is 1.14 bits per heavy atom. The molecule has 1 saturated heterocycles. The predicted molar refractivity (Wildman–Crippen MR) is 118 cm³/mol. The minimum atomic E-state index is 0.597. The third kappa shape index (κ3) is 3.98. The normalized spacial score (nSPS) is 19.0. The number of nitrogen functional groups attached to an aromatic ring is 1. The third-order valence-electron chi connectivity index (χ3n) is 6.08. The number of aliphatic imine (C=N–C) groups is 1. The first-order valence-electron chi connectivity index (χ1n) is 9.85. The number of nitrogens with zero attached hydrogens (tertiary/aromatic N) is 4. The summed E-state index contributed by atoms with van der Waals surface area (Å²) in [5.74, 6) is 0.972. The molecule has 5 nitrogen and oxygen atoms in total. The first-order chi connectivity index (χ1) is 13.6. The molecule has 1 aromatic carbocycles. The summed E-state index contributed by atoms with van der Waals surface area (Å²) in [5.41, 5.74) is 7.97. The van der Waals surface area contributed by atoms with Crippen molar-refractivity contribution in [3.63, 3.8) is 0 Å². The number of hydrogen-bond donors (Lipinski definition) is 1. The van der Waals surface area contributed by atoms with Crippen LogP contribution < -0.4 is 10.6 Å². The highest BCUT2D eigenvalue weighted by molar-refractivity contribution is 7.99. The van der Waals surface area contributed by atoms with E-state index >= 15 is 0 Å². The van der Waals surface area contributed by atoms with E-state index in [0.29, 0.717) is 16.1 Å². The van der Waals surface area contributed by atoms with Crippen LogP contribution in [0.25, 0.3) is 0 Å². The minimum absolute atomic E-state index is 0.597. The maximum Gasteiger partial charge on any atom is 0.147 e. The highest BCUT2D eigenvalue weighted by atomic mass is 35.5. The zero-order valence-electron chi connectivity index (χ0n) is 16.2. The molecule has 0 unspecified atom stereocenters. The van der Waals surface area contributed by atoms with E-state index in [2.05, 4.69) is 19.9 Å². The molecule has 0 atom stereocenters. The molecule has 1 aliphatic heterocycles. The third-order valence-corrected chi connectivity index (χ3v) is 7.58. The summed E-state index contributed by atoms with van der Waals surface area (Å²) in [4.78, 5) is 16.6. The smallest absolute Gasteiger partial charge is 0.147 e. The van der Waals surface area contributed by atoms with Crippen LogP contribution in [0.2, 0.25) is 5.02 Å². The van der Waals surface area contributed by atoms with Crippen LogP contribution in [0.1, 0.15) is 44.1 Å². The monoisotopic (exact) mass is 415 g/mol. The van der Waals surface area contributed by atoms with E-state index in [9.17, 15) is 0 Å². The van der Waals surface area contributed by atoms with Gasteiger partial charge < -0.3 is 10.6 Å². The second kappa shape index (κ2) is 8.29. The van der Waals surface area contributed by atoms with Crippen LogP contribution in [0.15, 0.2) is 39.4 Å². The van der Waals surface area contributed by atoms with Crippen molar-refractivity contribution in [1.29, 1.82) is 0 Å². The molecule has 4 rings (SSSR count). The van der Waals surface area contributed by atoms with Crippen LogP contribution in [-0.2, 0) is 0 Å². The van der Waals surface area contributed by atoms with Crippen LogP contribution >= 0.6 is 23.4 Å². The van der Waals surface area contributed by atoms with Gasteiger partial charge in [-0.15, -0.1) is 0 Å². The van der Waals surface area contributed by atoms with Crippen molar-refractivity contribution >= 4 is 41.1 Å². The summed E-state index contributed by atoms with van der Waals surface area (Å²) < 4.78 is 0. The van der Waals surface area contributed by atoms with Crippen molar-refractivity contribution in [2.45, 2.75) is 48.4 Å². The van der Waals surface area contributed by atoms with Gasteiger partial charge in [-0.25, -0.2) is 9.97 Å². The molecule has 1 aliphatic carbocycles. The SMILES string of the molecule is CN=Cc1c(N)ccc(Sc2cnc(N3CCC4(CCCC4)CC3)cn2)c1Cl. The topological polar surface area (TPSA) is 67.4 Å². The van der Waals surface area contributed by atoms with Crippen molar-refractivity contribution < 1.29 is 0 Å². The van der Waals surface area contributed by atoms with Gasteiger partial charge in [-0.05, 0) is 43.2 Å². The fourth-order valence-electron chi connectivity index (χ4n) is 4.40. The molecular formula is C21H26ClN5S. The molecule has 28 heavy (non-hydrogen) atoms.